The summed E-state index contributed by atoms with van der Waals surface area (Å²) in [5.41, 5.74) is 2.57. The van der Waals surface area contributed by atoms with Gasteiger partial charge in [-0.3, -0.25) is 4.79 Å². The Balaban J connectivity index is 1.63. The quantitative estimate of drug-likeness (QED) is 0.421. The number of rotatable bonds is 2. The number of benzene rings is 2. The van der Waals surface area contributed by atoms with Gasteiger partial charge in [0.1, 0.15) is 16.1 Å². The normalized spacial score (nSPS) is 12.4. The van der Waals surface area contributed by atoms with Crippen molar-refractivity contribution in [1.29, 1.82) is 0 Å². The molecule has 2 aromatic carbocycles. The summed E-state index contributed by atoms with van der Waals surface area (Å²) in [6, 6.07) is 19.3. The molecule has 6 heteroatoms. The molecule has 26 heavy (non-hydrogen) atoms. The molecular formula is C20H11BrN2O2S. The smallest absolute Gasteiger partial charge is 0.275 e. The molecule has 0 fully saturated rings. The van der Waals surface area contributed by atoms with Crippen LogP contribution in [0.5, 0.6) is 0 Å². The first-order valence-corrected chi connectivity index (χ1v) is 9.57. The van der Waals surface area contributed by atoms with Crippen molar-refractivity contribution in [2.24, 2.45) is 0 Å². The van der Waals surface area contributed by atoms with Crippen molar-refractivity contribution in [3.63, 3.8) is 0 Å². The fraction of sp³-hybridized carbons (Fsp3) is 0. The minimum atomic E-state index is -0.0703. The van der Waals surface area contributed by atoms with E-state index in [4.69, 9.17) is 4.42 Å². The Morgan fingerprint density at radius 1 is 1.08 bits per heavy atom. The number of furan rings is 1. The number of imidazole rings is 1. The minimum absolute atomic E-state index is 0.0703. The topological polar surface area (TPSA) is 47.5 Å². The lowest BCUT2D eigenvalue weighted by molar-refractivity contribution is 0.571. The first kappa shape index (κ1) is 15.5. The summed E-state index contributed by atoms with van der Waals surface area (Å²) < 4.78 is 9.16. The molecule has 0 bridgehead atoms. The molecule has 0 N–H and O–H groups in total. The molecule has 0 saturated heterocycles. The summed E-state index contributed by atoms with van der Waals surface area (Å²) in [5.74, 6) is 1.41. The zero-order valence-corrected chi connectivity index (χ0v) is 15.8. The predicted molar refractivity (Wildman–Crippen MR) is 107 cm³/mol. The standard InChI is InChI=1S/C20H11BrN2O2S/c21-13-5-3-4-12(10-13)17-9-8-14(25-17)11-18-19(24)23-16-7-2-1-6-15(16)22-20(23)26-18/h1-11H. The van der Waals surface area contributed by atoms with Gasteiger partial charge in [-0.2, -0.15) is 0 Å². The van der Waals surface area contributed by atoms with Crippen LogP contribution in [-0.2, 0) is 0 Å². The van der Waals surface area contributed by atoms with Crippen molar-refractivity contribution in [3.05, 3.63) is 85.8 Å². The van der Waals surface area contributed by atoms with Crippen LogP contribution in [0.15, 0.2) is 74.3 Å². The molecule has 0 spiro atoms. The van der Waals surface area contributed by atoms with Gasteiger partial charge in [0.15, 0.2) is 4.96 Å². The highest BCUT2D eigenvalue weighted by Gasteiger charge is 2.11. The van der Waals surface area contributed by atoms with Crippen molar-refractivity contribution in [1.82, 2.24) is 9.38 Å². The third-order valence-electron chi connectivity index (χ3n) is 4.15. The van der Waals surface area contributed by atoms with E-state index in [1.807, 2.05) is 60.7 Å². The number of halogens is 1. The maximum atomic E-state index is 12.8. The van der Waals surface area contributed by atoms with Crippen LogP contribution < -0.4 is 10.1 Å². The average molecular weight is 423 g/mol. The van der Waals surface area contributed by atoms with E-state index in [2.05, 4.69) is 20.9 Å². The molecule has 0 amide bonds. The highest BCUT2D eigenvalue weighted by atomic mass is 79.9. The Kier molecular flexibility index (Phi) is 3.55. The van der Waals surface area contributed by atoms with Crippen LogP contribution in [0.3, 0.4) is 0 Å². The molecule has 0 atom stereocenters. The molecule has 0 radical (unpaired) electrons. The number of thiazole rings is 1. The monoisotopic (exact) mass is 422 g/mol. The van der Waals surface area contributed by atoms with Gasteiger partial charge in [-0.05, 0) is 36.4 Å². The van der Waals surface area contributed by atoms with Crippen molar-refractivity contribution in [2.45, 2.75) is 0 Å². The third-order valence-corrected chi connectivity index (χ3v) is 5.62. The summed E-state index contributed by atoms with van der Waals surface area (Å²) in [6.07, 6.45) is 1.78. The Labute approximate surface area is 160 Å². The predicted octanol–water partition coefficient (Wildman–Crippen LogP) is 4.48. The van der Waals surface area contributed by atoms with Crippen LogP contribution in [-0.4, -0.2) is 9.38 Å². The summed E-state index contributed by atoms with van der Waals surface area (Å²) in [4.78, 5) is 18.0. The highest BCUT2D eigenvalue weighted by molar-refractivity contribution is 9.10. The lowest BCUT2D eigenvalue weighted by Crippen LogP contribution is -2.22. The van der Waals surface area contributed by atoms with Gasteiger partial charge >= 0.3 is 0 Å². The molecule has 3 heterocycles. The number of fused-ring (bicyclic) bond motifs is 3. The van der Waals surface area contributed by atoms with Gasteiger partial charge in [-0.15, -0.1) is 0 Å². The molecule has 0 unspecified atom stereocenters. The number of aromatic nitrogens is 2. The lowest BCUT2D eigenvalue weighted by Gasteiger charge is -1.96. The molecule has 0 aliphatic heterocycles. The second-order valence-corrected chi connectivity index (χ2v) is 7.77. The maximum absolute atomic E-state index is 12.8. The van der Waals surface area contributed by atoms with Gasteiger partial charge in [-0.25, -0.2) is 9.38 Å². The van der Waals surface area contributed by atoms with Crippen LogP contribution in [0.2, 0.25) is 0 Å². The second kappa shape index (κ2) is 5.93. The zero-order chi connectivity index (χ0) is 17.7. The highest BCUT2D eigenvalue weighted by Crippen LogP contribution is 2.25. The first-order chi connectivity index (χ1) is 12.7. The van der Waals surface area contributed by atoms with E-state index in [9.17, 15) is 4.79 Å². The summed E-state index contributed by atoms with van der Waals surface area (Å²) >= 11 is 4.83. The number of hydrogen-bond acceptors (Lipinski definition) is 4. The number of hydrogen-bond donors (Lipinski definition) is 0. The van der Waals surface area contributed by atoms with Gasteiger partial charge in [0.2, 0.25) is 0 Å². The Morgan fingerprint density at radius 3 is 2.85 bits per heavy atom. The minimum Gasteiger partial charge on any atom is -0.457 e. The summed E-state index contributed by atoms with van der Waals surface area (Å²) in [5, 5.41) is 0. The number of nitrogens with zero attached hydrogens (tertiary/aromatic N) is 2. The van der Waals surface area contributed by atoms with E-state index in [0.717, 1.165) is 26.8 Å². The molecule has 0 aliphatic rings. The van der Waals surface area contributed by atoms with Gasteiger partial charge in [0, 0.05) is 16.1 Å². The average Bonchev–Trinajstić information content (AvgIpc) is 3.31. The second-order valence-electron chi connectivity index (χ2n) is 5.85. The van der Waals surface area contributed by atoms with Crippen molar-refractivity contribution in [3.8, 4) is 11.3 Å². The largest absolute Gasteiger partial charge is 0.457 e. The van der Waals surface area contributed by atoms with Crippen LogP contribution in [0.25, 0.3) is 33.4 Å². The SMILES string of the molecule is O=c1c(=Cc2ccc(-c3cccc(Br)c3)o2)sc2nc3ccccc3n12. The molecular weight excluding hydrogens is 412 g/mol. The Bertz CT molecular complexity index is 1380. The van der Waals surface area contributed by atoms with E-state index in [1.165, 1.54) is 11.3 Å². The molecule has 5 aromatic rings. The summed E-state index contributed by atoms with van der Waals surface area (Å²) in [6.45, 7) is 0. The number of para-hydroxylation sites is 2. The van der Waals surface area contributed by atoms with Crippen LogP contribution in [0, 0.1) is 0 Å². The van der Waals surface area contributed by atoms with Crippen molar-refractivity contribution >= 4 is 49.3 Å². The fourth-order valence-corrected chi connectivity index (χ4v) is 4.33. The van der Waals surface area contributed by atoms with Gasteiger partial charge in [0.25, 0.3) is 5.56 Å². The zero-order valence-electron chi connectivity index (χ0n) is 13.3. The van der Waals surface area contributed by atoms with E-state index in [-0.39, 0.29) is 5.56 Å². The van der Waals surface area contributed by atoms with E-state index >= 15 is 0 Å². The van der Waals surface area contributed by atoms with Gasteiger partial charge in [0.05, 0.1) is 11.0 Å². The summed E-state index contributed by atoms with van der Waals surface area (Å²) in [7, 11) is 0. The molecule has 4 nitrogen and oxygen atoms in total. The van der Waals surface area contributed by atoms with Crippen LogP contribution in [0.1, 0.15) is 5.76 Å². The first-order valence-electron chi connectivity index (χ1n) is 7.96. The van der Waals surface area contributed by atoms with E-state index in [0.29, 0.717) is 15.3 Å². The lowest BCUT2D eigenvalue weighted by atomic mass is 10.2. The van der Waals surface area contributed by atoms with Crippen molar-refractivity contribution < 1.29 is 4.42 Å². The maximum Gasteiger partial charge on any atom is 0.275 e. The van der Waals surface area contributed by atoms with Crippen molar-refractivity contribution in [2.75, 3.05) is 0 Å². The molecule has 0 saturated carbocycles. The van der Waals surface area contributed by atoms with Crippen LogP contribution in [0.4, 0.5) is 0 Å². The fourth-order valence-electron chi connectivity index (χ4n) is 2.97. The Hall–Kier alpha value is -2.70. The molecule has 0 aliphatic carbocycles. The van der Waals surface area contributed by atoms with Gasteiger partial charge < -0.3 is 4.42 Å². The molecule has 3 aromatic heterocycles. The van der Waals surface area contributed by atoms with Gasteiger partial charge in [-0.1, -0.05) is 51.5 Å². The third kappa shape index (κ3) is 2.50. The van der Waals surface area contributed by atoms with E-state index < -0.39 is 0 Å². The van der Waals surface area contributed by atoms with Crippen LogP contribution >= 0.6 is 27.3 Å². The molecule has 5 rings (SSSR count). The molecule has 126 valence electrons. The van der Waals surface area contributed by atoms with E-state index in [1.54, 1.807) is 10.5 Å². The Morgan fingerprint density at radius 2 is 1.96 bits per heavy atom.